The zero-order valence-corrected chi connectivity index (χ0v) is 25.4. The summed E-state index contributed by atoms with van der Waals surface area (Å²) in [4.78, 5) is 14.0. The molecule has 38 heavy (non-hydrogen) atoms. The van der Waals surface area contributed by atoms with Crippen LogP contribution in [0.4, 0.5) is 0 Å². The number of hydrogen-bond donors (Lipinski definition) is 1. The molecule has 0 saturated carbocycles. The van der Waals surface area contributed by atoms with E-state index < -0.39 is 24.2 Å². The van der Waals surface area contributed by atoms with Gasteiger partial charge in [-0.05, 0) is 53.9 Å². The van der Waals surface area contributed by atoms with Crippen LogP contribution in [-0.2, 0) is 36.9 Å². The van der Waals surface area contributed by atoms with Crippen LogP contribution in [0, 0.1) is 0 Å². The van der Waals surface area contributed by atoms with Crippen LogP contribution >= 0.6 is 23.8 Å². The van der Waals surface area contributed by atoms with Gasteiger partial charge in [-0.1, -0.05) is 26.0 Å². The minimum atomic E-state index is -1.25. The summed E-state index contributed by atoms with van der Waals surface area (Å²) >= 11 is 5.93. The maximum absolute atomic E-state index is 12.4. The first-order chi connectivity index (χ1) is 18.2. The van der Waals surface area contributed by atoms with Crippen LogP contribution < -0.4 is 4.74 Å². The number of ether oxygens (including phenoxy) is 2. The summed E-state index contributed by atoms with van der Waals surface area (Å²) < 4.78 is 35.5. The van der Waals surface area contributed by atoms with Crippen LogP contribution in [0.25, 0.3) is 0 Å². The molecule has 0 aliphatic rings. The normalized spacial score (nSPS) is 13.1. The van der Waals surface area contributed by atoms with E-state index in [0.29, 0.717) is 25.0 Å². The molecule has 0 heterocycles. The fraction of sp³-hybridized carbons (Fsp3) is 0.440. The van der Waals surface area contributed by atoms with Gasteiger partial charge in [-0.25, -0.2) is 0 Å². The highest BCUT2D eigenvalue weighted by molar-refractivity contribution is 8.04. The lowest BCUT2D eigenvalue weighted by molar-refractivity contribution is -0.146. The Morgan fingerprint density at radius 2 is 1.68 bits per heavy atom. The van der Waals surface area contributed by atoms with Crippen LogP contribution in [0.15, 0.2) is 53.6 Å². The molecule has 1 N–H and O–H groups in total. The maximum atomic E-state index is 12.4. The van der Waals surface area contributed by atoms with Crippen LogP contribution in [0.2, 0.25) is 0 Å². The summed E-state index contributed by atoms with van der Waals surface area (Å²) in [6.45, 7) is 2.83. The Bertz CT molecular complexity index is 1100. The van der Waals surface area contributed by atoms with E-state index in [1.54, 1.807) is 40.2 Å². The second-order valence-electron chi connectivity index (χ2n) is 8.37. The maximum Gasteiger partial charge on any atom is 0.358 e. The summed E-state index contributed by atoms with van der Waals surface area (Å²) in [5.41, 5.74) is 1.69. The Balaban J connectivity index is 2.19. The van der Waals surface area contributed by atoms with Gasteiger partial charge in [0.2, 0.25) is 0 Å². The van der Waals surface area contributed by atoms with Crippen molar-refractivity contribution in [2.75, 3.05) is 26.7 Å². The van der Waals surface area contributed by atoms with Gasteiger partial charge in [0.15, 0.2) is 28.7 Å². The smallest absolute Gasteiger partial charge is 0.358 e. The number of rotatable bonds is 16. The van der Waals surface area contributed by atoms with Crippen LogP contribution in [0.1, 0.15) is 37.8 Å². The molecule has 0 radical (unpaired) electrons. The summed E-state index contributed by atoms with van der Waals surface area (Å²) in [7, 11) is 2.79. The number of esters is 1. The molecule has 2 aromatic rings. The van der Waals surface area contributed by atoms with Crippen molar-refractivity contribution in [3.8, 4) is 11.5 Å². The van der Waals surface area contributed by atoms with Gasteiger partial charge >= 0.3 is 12.8 Å². The predicted octanol–water partition coefficient (Wildman–Crippen LogP) is 6.00. The van der Waals surface area contributed by atoms with E-state index in [4.69, 9.17) is 21.3 Å². The fourth-order valence-electron chi connectivity index (χ4n) is 3.75. The van der Waals surface area contributed by atoms with E-state index in [9.17, 15) is 19.0 Å². The standard InChI is InChI=1S/C25H32N3O6P3S/c1-5-25(6-2,37(38)27(3)26-16-20-7-11-21(29)12-8-20)34-22-13-9-19(10-14-22)15-23(24(30)33-4)28(17-35-31)18-36-32/h7-14,16,23H,5-6,15,17-18H2,1-4H3/p+1. The summed E-state index contributed by atoms with van der Waals surface area (Å²) in [5, 5.41) is 13.4. The third-order valence-corrected chi connectivity index (χ3v) is 10.8. The van der Waals surface area contributed by atoms with E-state index in [1.807, 2.05) is 45.2 Å². The van der Waals surface area contributed by atoms with Gasteiger partial charge in [-0.2, -0.15) is 0 Å². The Morgan fingerprint density at radius 1 is 1.11 bits per heavy atom. The summed E-state index contributed by atoms with van der Waals surface area (Å²) in [6, 6.07) is 13.4. The second-order valence-corrected chi connectivity index (χ2v) is 12.4. The predicted molar refractivity (Wildman–Crippen MR) is 154 cm³/mol. The van der Waals surface area contributed by atoms with Gasteiger partial charge in [0, 0.05) is 12.8 Å². The number of benzene rings is 2. The lowest BCUT2D eigenvalue weighted by atomic mass is 10.0. The fourth-order valence-corrected chi connectivity index (χ4v) is 7.21. The molecule has 9 nitrogen and oxygen atoms in total. The molecule has 204 valence electrons. The van der Waals surface area contributed by atoms with Crippen molar-refractivity contribution < 1.29 is 28.5 Å². The highest BCUT2D eigenvalue weighted by Crippen LogP contribution is 2.48. The first kappa shape index (κ1) is 31.9. The Kier molecular flexibility index (Phi) is 13.4. The second kappa shape index (κ2) is 15.9. The lowest BCUT2D eigenvalue weighted by Gasteiger charge is -2.27. The van der Waals surface area contributed by atoms with Crippen molar-refractivity contribution in [2.24, 2.45) is 5.10 Å². The van der Waals surface area contributed by atoms with Gasteiger partial charge < -0.3 is 14.6 Å². The van der Waals surface area contributed by atoms with Gasteiger partial charge in [0.1, 0.15) is 17.5 Å². The van der Waals surface area contributed by atoms with Crippen molar-refractivity contribution in [1.82, 2.24) is 9.68 Å². The summed E-state index contributed by atoms with van der Waals surface area (Å²) in [6.07, 6.45) is 3.50. The van der Waals surface area contributed by atoms with Crippen LogP contribution in [0.5, 0.6) is 11.5 Å². The highest BCUT2D eigenvalue weighted by Gasteiger charge is 2.48. The topological polar surface area (TPSA) is 109 Å². The highest BCUT2D eigenvalue weighted by atomic mass is 32.4. The van der Waals surface area contributed by atoms with Crippen molar-refractivity contribution in [1.29, 1.82) is 0 Å². The molecule has 0 aliphatic carbocycles. The molecule has 2 atom stereocenters. The molecule has 0 spiro atoms. The molecular formula is C25H33N3O6P3S+. The van der Waals surface area contributed by atoms with Crippen molar-refractivity contribution >= 4 is 47.8 Å². The van der Waals surface area contributed by atoms with Gasteiger partial charge in [0.05, 0.1) is 32.9 Å². The zero-order chi connectivity index (χ0) is 28.1. The minimum Gasteiger partial charge on any atom is -0.508 e. The van der Waals surface area contributed by atoms with E-state index in [0.717, 1.165) is 11.1 Å². The van der Waals surface area contributed by atoms with Gasteiger partial charge in [-0.3, -0.25) is 18.8 Å². The molecule has 0 saturated heterocycles. The monoisotopic (exact) mass is 596 g/mol. The van der Waals surface area contributed by atoms with E-state index in [2.05, 4.69) is 5.10 Å². The Morgan fingerprint density at radius 3 is 2.18 bits per heavy atom. The molecular weight excluding hydrogens is 563 g/mol. The average Bonchev–Trinajstić information content (AvgIpc) is 2.94. The molecule has 2 unspecified atom stereocenters. The Hall–Kier alpha value is -2.34. The molecule has 0 aliphatic heterocycles. The van der Waals surface area contributed by atoms with Crippen molar-refractivity contribution in [3.05, 3.63) is 59.7 Å². The van der Waals surface area contributed by atoms with Gasteiger partial charge in [-0.15, -0.1) is 9.88 Å². The van der Waals surface area contributed by atoms with Crippen molar-refractivity contribution in [2.45, 2.75) is 44.5 Å². The SMILES string of the molecule is CCC(CC)(Oc1ccc(CC(C(=O)OC)N(CP=O)CP=O)cc1)[P+](=S)N(C)/N=C/c1ccc(O)cc1. The number of phenols is 1. The molecule has 0 amide bonds. The van der Waals surface area contributed by atoms with Crippen LogP contribution in [-0.4, -0.2) is 65.1 Å². The molecule has 0 bridgehead atoms. The quantitative estimate of drug-likeness (QED) is 0.108. The van der Waals surface area contributed by atoms with Gasteiger partial charge in [0.25, 0.3) is 5.34 Å². The third-order valence-electron chi connectivity index (χ3n) is 6.04. The number of carbonyl (C=O) groups excluding carboxylic acids is 1. The van der Waals surface area contributed by atoms with E-state index in [-0.39, 0.29) is 35.2 Å². The van der Waals surface area contributed by atoms with Crippen molar-refractivity contribution in [3.63, 3.8) is 0 Å². The first-order valence-corrected chi connectivity index (χ1v) is 16.3. The number of methoxy groups -OCH3 is 1. The first-order valence-electron chi connectivity index (χ1n) is 12.0. The largest absolute Gasteiger partial charge is 0.508 e. The Labute approximate surface area is 233 Å². The molecule has 2 aromatic carbocycles. The minimum absolute atomic E-state index is 0.0663. The van der Waals surface area contributed by atoms with Crippen LogP contribution in [0.3, 0.4) is 0 Å². The summed E-state index contributed by atoms with van der Waals surface area (Å²) in [5.74, 6) is 0.355. The zero-order valence-electron chi connectivity index (χ0n) is 21.9. The number of nitrogens with zero attached hydrogens (tertiary/aromatic N) is 3. The number of hydrazone groups is 1. The number of hydrogen-bond acceptors (Lipinski definition) is 9. The number of aromatic hydroxyl groups is 1. The molecule has 0 aromatic heterocycles. The lowest BCUT2D eigenvalue weighted by Crippen LogP contribution is -2.42. The third kappa shape index (κ3) is 8.86. The number of phenolic OH excluding ortho intramolecular Hbond substituents is 1. The molecule has 0 fully saturated rings. The molecule has 13 heteroatoms. The van der Waals surface area contributed by atoms with E-state index >= 15 is 0 Å². The number of carbonyl (C=O) groups is 1. The van der Waals surface area contributed by atoms with E-state index in [1.165, 1.54) is 7.11 Å². The molecule has 2 rings (SSSR count). The average molecular weight is 597 g/mol.